The van der Waals surface area contributed by atoms with Gasteiger partial charge in [0.25, 0.3) is 0 Å². The Labute approximate surface area is 227 Å². The second kappa shape index (κ2) is 8.85. The molecule has 0 amide bonds. The Bertz CT molecular complexity index is 1900. The van der Waals surface area contributed by atoms with Crippen molar-refractivity contribution < 1.29 is 14.6 Å². The summed E-state index contributed by atoms with van der Waals surface area (Å²) in [4.78, 5) is 9.49. The van der Waals surface area contributed by atoms with Gasteiger partial charge in [-0.3, -0.25) is 0 Å². The molecule has 0 bridgehead atoms. The van der Waals surface area contributed by atoms with Gasteiger partial charge >= 0.3 is 0 Å². The molecule has 0 aliphatic carbocycles. The fourth-order valence-corrected chi connectivity index (χ4v) is 5.34. The molecule has 9 nitrogen and oxygen atoms in total. The van der Waals surface area contributed by atoms with Crippen molar-refractivity contribution in [3.63, 3.8) is 0 Å². The van der Waals surface area contributed by atoms with E-state index in [9.17, 15) is 5.11 Å². The van der Waals surface area contributed by atoms with Gasteiger partial charge in [0.05, 0.1) is 41.1 Å². The van der Waals surface area contributed by atoms with Crippen molar-refractivity contribution in [2.45, 2.75) is 12.8 Å². The quantitative estimate of drug-likeness (QED) is 0.297. The van der Waals surface area contributed by atoms with E-state index in [0.717, 1.165) is 28.1 Å². The highest BCUT2D eigenvalue weighted by Gasteiger charge is 2.39. The normalized spacial score (nSPS) is 14.1. The van der Waals surface area contributed by atoms with Crippen LogP contribution in [0.5, 0.6) is 23.3 Å². The molecule has 0 saturated heterocycles. The summed E-state index contributed by atoms with van der Waals surface area (Å²) < 4.78 is 15.6. The number of aromatic nitrogens is 6. The maximum absolute atomic E-state index is 10.5. The number of aromatic hydroxyl groups is 1. The summed E-state index contributed by atoms with van der Waals surface area (Å²) in [6.07, 6.45) is 1.56. The molecule has 1 aliphatic heterocycles. The Morgan fingerprint density at radius 3 is 2.62 bits per heavy atom. The standard InChI is InChI=1S/C29H21ClN6O3/c1-16-23-24(20-11-4-6-13-22(20)38-2)25-27-32-26(19-10-3-5-12-21(19)37)34-35(27)15-31-28(25)39-29(23)36(33-16)18-9-7-8-17(30)14-18/h3-15,24,37H,1-2H3. The minimum Gasteiger partial charge on any atom is -0.507 e. The van der Waals surface area contributed by atoms with Crippen LogP contribution in [0.2, 0.25) is 5.02 Å². The molecule has 192 valence electrons. The zero-order valence-electron chi connectivity index (χ0n) is 20.9. The number of benzene rings is 3. The summed E-state index contributed by atoms with van der Waals surface area (Å²) in [5.41, 5.74) is 5.09. The molecular weight excluding hydrogens is 516 g/mol. The van der Waals surface area contributed by atoms with E-state index in [1.54, 1.807) is 40.8 Å². The number of aryl methyl sites for hydroxylation is 1. The molecule has 4 heterocycles. The Balaban J connectivity index is 1.52. The van der Waals surface area contributed by atoms with Crippen molar-refractivity contribution in [1.29, 1.82) is 0 Å². The van der Waals surface area contributed by atoms with E-state index in [0.29, 0.717) is 39.6 Å². The number of phenols is 1. The minimum absolute atomic E-state index is 0.0914. The van der Waals surface area contributed by atoms with Gasteiger partial charge in [0.1, 0.15) is 17.8 Å². The molecule has 1 atom stereocenters. The molecule has 1 unspecified atom stereocenters. The Hall–Kier alpha value is -4.89. The van der Waals surface area contributed by atoms with Gasteiger partial charge in [-0.15, -0.1) is 5.10 Å². The van der Waals surface area contributed by atoms with Crippen LogP contribution in [0.15, 0.2) is 79.1 Å². The van der Waals surface area contributed by atoms with Gasteiger partial charge in [0, 0.05) is 10.6 Å². The van der Waals surface area contributed by atoms with Crippen LogP contribution in [0.25, 0.3) is 22.7 Å². The first-order valence-electron chi connectivity index (χ1n) is 12.2. The van der Waals surface area contributed by atoms with Crippen LogP contribution in [0.3, 0.4) is 0 Å². The van der Waals surface area contributed by atoms with Crippen LogP contribution in [0.1, 0.15) is 28.3 Å². The predicted octanol–water partition coefficient (Wildman–Crippen LogP) is 5.94. The lowest BCUT2D eigenvalue weighted by Gasteiger charge is -2.27. The van der Waals surface area contributed by atoms with E-state index in [2.05, 4.69) is 10.1 Å². The highest BCUT2D eigenvalue weighted by atomic mass is 35.5. The van der Waals surface area contributed by atoms with E-state index < -0.39 is 0 Å². The fraction of sp³-hybridized carbons (Fsp3) is 0.103. The fourth-order valence-electron chi connectivity index (χ4n) is 5.15. The van der Waals surface area contributed by atoms with Crippen LogP contribution in [0.4, 0.5) is 0 Å². The number of ether oxygens (including phenoxy) is 2. The molecule has 1 N–H and O–H groups in total. The molecule has 1 aliphatic rings. The summed E-state index contributed by atoms with van der Waals surface area (Å²) in [5, 5.41) is 20.5. The third-order valence-electron chi connectivity index (χ3n) is 6.87. The van der Waals surface area contributed by atoms with E-state index in [4.69, 9.17) is 31.2 Å². The Morgan fingerprint density at radius 1 is 0.974 bits per heavy atom. The van der Waals surface area contributed by atoms with Crippen molar-refractivity contribution in [3.8, 4) is 40.3 Å². The lowest BCUT2D eigenvalue weighted by Crippen LogP contribution is -2.16. The summed E-state index contributed by atoms with van der Waals surface area (Å²) in [6, 6.07) is 22.2. The SMILES string of the molecule is COc1ccccc1C1c2c(C)nn(-c3cccc(Cl)c3)c2Oc2ncn3nc(-c4ccccc4O)nc3c21. The highest BCUT2D eigenvalue weighted by Crippen LogP contribution is 2.51. The average Bonchev–Trinajstić information content (AvgIpc) is 3.53. The molecule has 0 saturated carbocycles. The molecule has 7 rings (SSSR count). The molecule has 3 aromatic carbocycles. The van der Waals surface area contributed by atoms with E-state index in [1.165, 1.54) is 0 Å². The van der Waals surface area contributed by atoms with Gasteiger partial charge < -0.3 is 14.6 Å². The molecular formula is C29H21ClN6O3. The lowest BCUT2D eigenvalue weighted by molar-refractivity contribution is 0.393. The van der Waals surface area contributed by atoms with E-state index in [1.807, 2.05) is 61.5 Å². The molecule has 10 heteroatoms. The molecule has 6 aromatic rings. The van der Waals surface area contributed by atoms with Crippen molar-refractivity contribution in [1.82, 2.24) is 29.4 Å². The monoisotopic (exact) mass is 536 g/mol. The second-order valence-electron chi connectivity index (χ2n) is 9.16. The van der Waals surface area contributed by atoms with Crippen LogP contribution in [-0.2, 0) is 0 Å². The van der Waals surface area contributed by atoms with Gasteiger partial charge in [0.15, 0.2) is 11.5 Å². The number of phenolic OH excluding ortho intramolecular Hbond substituents is 1. The topological polar surface area (TPSA) is 99.6 Å². The van der Waals surface area contributed by atoms with E-state index >= 15 is 0 Å². The van der Waals surface area contributed by atoms with E-state index in [-0.39, 0.29) is 11.7 Å². The average molecular weight is 537 g/mol. The molecule has 0 radical (unpaired) electrons. The number of nitrogens with zero attached hydrogens (tertiary/aromatic N) is 6. The van der Waals surface area contributed by atoms with Gasteiger partial charge in [-0.2, -0.15) is 5.10 Å². The van der Waals surface area contributed by atoms with Crippen molar-refractivity contribution in [2.24, 2.45) is 0 Å². The number of halogens is 1. The van der Waals surface area contributed by atoms with Crippen LogP contribution in [-0.4, -0.2) is 41.6 Å². The number of fused-ring (bicyclic) bond motifs is 4. The number of hydrogen-bond donors (Lipinski definition) is 1. The minimum atomic E-state index is -0.384. The Kier molecular flexibility index (Phi) is 5.27. The maximum Gasteiger partial charge on any atom is 0.230 e. The smallest absolute Gasteiger partial charge is 0.230 e. The van der Waals surface area contributed by atoms with Crippen LogP contribution >= 0.6 is 11.6 Å². The lowest BCUT2D eigenvalue weighted by atomic mass is 9.84. The predicted molar refractivity (Wildman–Crippen MR) is 145 cm³/mol. The van der Waals surface area contributed by atoms with Gasteiger partial charge in [-0.25, -0.2) is 19.2 Å². The third kappa shape index (κ3) is 3.62. The summed E-state index contributed by atoms with van der Waals surface area (Å²) in [5.74, 6) is 1.71. The molecule has 0 fully saturated rings. The molecule has 3 aromatic heterocycles. The number of rotatable bonds is 4. The van der Waals surface area contributed by atoms with Gasteiger partial charge in [0.2, 0.25) is 11.8 Å². The highest BCUT2D eigenvalue weighted by molar-refractivity contribution is 6.30. The van der Waals surface area contributed by atoms with Crippen molar-refractivity contribution in [3.05, 3.63) is 107 Å². The number of hydrogen-bond acceptors (Lipinski definition) is 7. The zero-order chi connectivity index (χ0) is 26.7. The number of para-hydroxylation sites is 2. The first-order chi connectivity index (χ1) is 19.0. The third-order valence-corrected chi connectivity index (χ3v) is 7.10. The zero-order valence-corrected chi connectivity index (χ0v) is 21.7. The van der Waals surface area contributed by atoms with Gasteiger partial charge in [-0.1, -0.05) is 48.0 Å². The Morgan fingerprint density at radius 2 is 1.79 bits per heavy atom. The van der Waals surface area contributed by atoms with Crippen LogP contribution < -0.4 is 9.47 Å². The summed E-state index contributed by atoms with van der Waals surface area (Å²) in [7, 11) is 1.65. The molecule has 39 heavy (non-hydrogen) atoms. The largest absolute Gasteiger partial charge is 0.507 e. The van der Waals surface area contributed by atoms with Crippen molar-refractivity contribution in [2.75, 3.05) is 7.11 Å². The summed E-state index contributed by atoms with van der Waals surface area (Å²) in [6.45, 7) is 1.95. The van der Waals surface area contributed by atoms with Gasteiger partial charge in [-0.05, 0) is 43.3 Å². The number of methoxy groups -OCH3 is 1. The second-order valence-corrected chi connectivity index (χ2v) is 9.59. The first-order valence-corrected chi connectivity index (χ1v) is 12.6. The molecule has 0 spiro atoms. The summed E-state index contributed by atoms with van der Waals surface area (Å²) >= 11 is 6.31. The maximum atomic E-state index is 10.5. The van der Waals surface area contributed by atoms with Crippen LogP contribution in [0, 0.1) is 6.92 Å². The first kappa shape index (κ1) is 23.2. The van der Waals surface area contributed by atoms with Crippen molar-refractivity contribution >= 4 is 17.2 Å².